The molecule has 11 heteroatoms. The van der Waals surface area contributed by atoms with Crippen molar-refractivity contribution in [1.82, 2.24) is 14.6 Å². The Morgan fingerprint density at radius 1 is 1.17 bits per heavy atom. The minimum Gasteiger partial charge on any atom is -0.493 e. The first-order chi connectivity index (χ1) is 14.0. The molecule has 4 heterocycles. The van der Waals surface area contributed by atoms with Crippen LogP contribution in [0.2, 0.25) is 0 Å². The first-order valence-electron chi connectivity index (χ1n) is 8.63. The highest BCUT2D eigenvalue weighted by atomic mass is 19.1. The summed E-state index contributed by atoms with van der Waals surface area (Å²) in [5.41, 5.74) is 0.500. The van der Waals surface area contributed by atoms with Gasteiger partial charge in [0.05, 0.1) is 25.7 Å². The third kappa shape index (κ3) is 2.47. The smallest absolute Gasteiger partial charge is 0.413 e. The third-order valence-electron chi connectivity index (χ3n) is 5.09. The fourth-order valence-electron chi connectivity index (χ4n) is 3.82. The van der Waals surface area contributed by atoms with E-state index in [1.807, 2.05) is 0 Å². The number of carboxylic acid groups (broad SMARTS) is 2. The van der Waals surface area contributed by atoms with Crippen molar-refractivity contribution in [3.63, 3.8) is 0 Å². The quantitative estimate of drug-likeness (QED) is 0.636. The maximum absolute atomic E-state index is 14.7. The summed E-state index contributed by atoms with van der Waals surface area (Å²) in [5, 5.41) is 26.9. The van der Waals surface area contributed by atoms with Gasteiger partial charge in [-0.1, -0.05) is 0 Å². The number of amides is 1. The third-order valence-corrected chi connectivity index (χ3v) is 5.09. The molecule has 2 aliphatic rings. The standard InChI is InChI=1S/C18H13FN4O6/c19-11-1-2-12-14-8(5-28-12)6-29-13-3-9(17(24)25)15-21-20-7-23(15)16(13)22(18(26)27)4-10(11)14/h1-3,7-8H,4-6H2,(H,24,25)(H,26,27)/t8-/m0/s1. The largest absolute Gasteiger partial charge is 0.493 e. The number of anilines is 1. The highest BCUT2D eigenvalue weighted by molar-refractivity contribution is 5.97. The molecule has 0 unspecified atom stereocenters. The van der Waals surface area contributed by atoms with E-state index in [1.165, 1.54) is 28.9 Å². The number of nitrogens with zero attached hydrogens (tertiary/aromatic N) is 4. The van der Waals surface area contributed by atoms with E-state index in [0.29, 0.717) is 11.3 Å². The molecule has 1 aromatic carbocycles. The molecule has 0 aliphatic carbocycles. The zero-order chi connectivity index (χ0) is 20.3. The molecule has 0 saturated heterocycles. The number of ether oxygens (including phenoxy) is 2. The van der Waals surface area contributed by atoms with Crippen LogP contribution in [-0.4, -0.2) is 50.1 Å². The van der Waals surface area contributed by atoms with Gasteiger partial charge in [-0.25, -0.2) is 14.0 Å². The Bertz CT molecular complexity index is 1190. The van der Waals surface area contributed by atoms with Crippen LogP contribution in [0.5, 0.6) is 11.5 Å². The molecule has 2 aromatic heterocycles. The number of hydrogen-bond donors (Lipinski definition) is 2. The Morgan fingerprint density at radius 2 is 1.93 bits per heavy atom. The maximum atomic E-state index is 14.7. The van der Waals surface area contributed by atoms with Crippen molar-refractivity contribution < 1.29 is 33.7 Å². The van der Waals surface area contributed by atoms with Crippen molar-refractivity contribution in [2.45, 2.75) is 12.5 Å². The second-order valence-electron chi connectivity index (χ2n) is 6.70. The van der Waals surface area contributed by atoms with Gasteiger partial charge in [0.1, 0.15) is 23.5 Å². The van der Waals surface area contributed by atoms with E-state index in [0.717, 1.165) is 4.90 Å². The van der Waals surface area contributed by atoms with E-state index >= 15 is 0 Å². The number of halogens is 1. The molecule has 2 N–H and O–H groups in total. The van der Waals surface area contributed by atoms with E-state index in [2.05, 4.69) is 10.2 Å². The second-order valence-corrected chi connectivity index (χ2v) is 6.70. The zero-order valence-corrected chi connectivity index (χ0v) is 14.7. The SMILES string of the molecule is O=C(O)c1cc2c(n3cnnc13)N(C(=O)O)Cc1c(F)ccc3c1[C@@H](CO3)CO2. The monoisotopic (exact) mass is 400 g/mol. The molecule has 2 aliphatic heterocycles. The Morgan fingerprint density at radius 3 is 2.66 bits per heavy atom. The van der Waals surface area contributed by atoms with Crippen LogP contribution < -0.4 is 14.4 Å². The summed E-state index contributed by atoms with van der Waals surface area (Å²) in [4.78, 5) is 24.7. The van der Waals surface area contributed by atoms with Crippen LogP contribution in [0, 0.1) is 5.82 Å². The first kappa shape index (κ1) is 17.2. The van der Waals surface area contributed by atoms with Crippen molar-refractivity contribution in [3.8, 4) is 11.5 Å². The van der Waals surface area contributed by atoms with Crippen LogP contribution in [0.3, 0.4) is 0 Å². The van der Waals surface area contributed by atoms with Crippen LogP contribution in [0.15, 0.2) is 24.5 Å². The molecule has 148 valence electrons. The van der Waals surface area contributed by atoms with E-state index in [4.69, 9.17) is 9.47 Å². The van der Waals surface area contributed by atoms with E-state index < -0.39 is 17.9 Å². The molecule has 1 atom stereocenters. The van der Waals surface area contributed by atoms with Gasteiger partial charge in [-0.2, -0.15) is 0 Å². The molecule has 29 heavy (non-hydrogen) atoms. The summed E-state index contributed by atoms with van der Waals surface area (Å²) in [6.45, 7) is -0.0221. The summed E-state index contributed by atoms with van der Waals surface area (Å²) in [5.74, 6) is -1.67. The lowest BCUT2D eigenvalue weighted by Crippen LogP contribution is -2.31. The van der Waals surface area contributed by atoms with E-state index in [-0.39, 0.29) is 54.0 Å². The normalized spacial score (nSPS) is 17.4. The van der Waals surface area contributed by atoms with Crippen LogP contribution in [0.1, 0.15) is 27.4 Å². The molecule has 0 spiro atoms. The highest BCUT2D eigenvalue weighted by Gasteiger charge is 2.35. The number of hydrogen-bond acceptors (Lipinski definition) is 6. The predicted octanol–water partition coefficient (Wildman–Crippen LogP) is 2.12. The van der Waals surface area contributed by atoms with Gasteiger partial charge in [-0.05, 0) is 12.1 Å². The zero-order valence-electron chi connectivity index (χ0n) is 14.7. The fraction of sp³-hybridized carbons (Fsp3) is 0.222. The Balaban J connectivity index is 1.79. The Hall–Kier alpha value is -3.89. The Labute approximate surface area is 161 Å². The van der Waals surface area contributed by atoms with Crippen molar-refractivity contribution in [3.05, 3.63) is 47.0 Å². The van der Waals surface area contributed by atoms with Crippen LogP contribution >= 0.6 is 0 Å². The minimum atomic E-state index is -1.37. The number of carboxylic acids is 1. The minimum absolute atomic E-state index is 0.000366. The fourth-order valence-corrected chi connectivity index (χ4v) is 3.82. The van der Waals surface area contributed by atoms with E-state index in [9.17, 15) is 24.2 Å². The van der Waals surface area contributed by atoms with Gasteiger partial charge in [-0.3, -0.25) is 9.30 Å². The molecule has 0 fully saturated rings. The number of benzene rings is 1. The average Bonchev–Trinajstić information content (AvgIpc) is 3.32. The molecule has 0 radical (unpaired) electrons. The van der Waals surface area contributed by atoms with Gasteiger partial charge < -0.3 is 19.7 Å². The summed E-state index contributed by atoms with van der Waals surface area (Å²) in [7, 11) is 0. The molecule has 1 amide bonds. The number of aromatic carboxylic acids is 1. The summed E-state index contributed by atoms with van der Waals surface area (Å²) in [6.07, 6.45) is -0.180. The lowest BCUT2D eigenvalue weighted by Gasteiger charge is -2.23. The van der Waals surface area contributed by atoms with E-state index in [1.54, 1.807) is 0 Å². The maximum Gasteiger partial charge on any atom is 0.413 e. The number of rotatable bonds is 1. The molecular weight excluding hydrogens is 387 g/mol. The van der Waals surface area contributed by atoms with Crippen molar-refractivity contribution in [2.24, 2.45) is 0 Å². The predicted molar refractivity (Wildman–Crippen MR) is 94.3 cm³/mol. The summed E-state index contributed by atoms with van der Waals surface area (Å²) < 4.78 is 27.4. The van der Waals surface area contributed by atoms with Crippen LogP contribution in [0.25, 0.3) is 5.65 Å². The van der Waals surface area contributed by atoms with Gasteiger partial charge >= 0.3 is 12.1 Å². The van der Waals surface area contributed by atoms with Gasteiger partial charge in [0.15, 0.2) is 17.2 Å². The van der Waals surface area contributed by atoms with Crippen molar-refractivity contribution in [1.29, 1.82) is 0 Å². The highest BCUT2D eigenvalue weighted by Crippen LogP contribution is 2.42. The number of fused-ring (bicyclic) bond motifs is 3. The first-order valence-corrected chi connectivity index (χ1v) is 8.63. The molecule has 0 bridgehead atoms. The number of aromatic nitrogens is 3. The number of pyridine rings is 1. The lowest BCUT2D eigenvalue weighted by molar-refractivity contribution is 0.0697. The molecule has 0 saturated carbocycles. The second kappa shape index (κ2) is 6.06. The van der Waals surface area contributed by atoms with Crippen molar-refractivity contribution >= 4 is 23.5 Å². The number of carbonyl (C=O) groups is 2. The lowest BCUT2D eigenvalue weighted by atomic mass is 9.95. The van der Waals surface area contributed by atoms with Crippen molar-refractivity contribution in [2.75, 3.05) is 18.1 Å². The Kier molecular flexibility index (Phi) is 3.60. The summed E-state index contributed by atoms with van der Waals surface area (Å²) in [6, 6.07) is 3.95. The summed E-state index contributed by atoms with van der Waals surface area (Å²) >= 11 is 0. The van der Waals surface area contributed by atoms with Gasteiger partial charge in [0.25, 0.3) is 0 Å². The molecular formula is C18H13FN4O6. The molecule has 5 rings (SSSR count). The van der Waals surface area contributed by atoms with Gasteiger partial charge in [0.2, 0.25) is 0 Å². The van der Waals surface area contributed by atoms with Gasteiger partial charge in [-0.15, -0.1) is 10.2 Å². The van der Waals surface area contributed by atoms with Crippen LogP contribution in [-0.2, 0) is 6.54 Å². The van der Waals surface area contributed by atoms with Gasteiger partial charge in [0, 0.05) is 17.2 Å². The van der Waals surface area contributed by atoms with Crippen LogP contribution in [0.4, 0.5) is 15.0 Å². The average molecular weight is 400 g/mol. The molecule has 3 aromatic rings. The molecule has 10 nitrogen and oxygen atoms in total. The topological polar surface area (TPSA) is 126 Å².